The lowest BCUT2D eigenvalue weighted by atomic mass is 10.2. The van der Waals surface area contributed by atoms with Crippen molar-refractivity contribution in [2.24, 2.45) is 0 Å². The zero-order valence-corrected chi connectivity index (χ0v) is 14.1. The summed E-state index contributed by atoms with van der Waals surface area (Å²) >= 11 is 0. The van der Waals surface area contributed by atoms with Crippen LogP contribution >= 0.6 is 0 Å². The highest BCUT2D eigenvalue weighted by Crippen LogP contribution is 2.34. The number of hydrogen-bond acceptors (Lipinski definition) is 4. The second kappa shape index (κ2) is 6.62. The highest BCUT2D eigenvalue weighted by atomic mass is 32.2. The third-order valence-corrected chi connectivity index (χ3v) is 6.15. The summed E-state index contributed by atoms with van der Waals surface area (Å²) in [4.78, 5) is 13.4. The van der Waals surface area contributed by atoms with Crippen molar-refractivity contribution in [3.8, 4) is 0 Å². The van der Waals surface area contributed by atoms with Crippen LogP contribution in [0.5, 0.6) is 0 Å². The van der Waals surface area contributed by atoms with Gasteiger partial charge in [0.2, 0.25) is 5.91 Å². The number of nitrogens with zero attached hydrogens (tertiary/aromatic N) is 2. The molecule has 0 unspecified atom stereocenters. The largest absolute Gasteiger partial charge is 0.468 e. The Morgan fingerprint density at radius 3 is 2.87 bits per heavy atom. The fourth-order valence-corrected chi connectivity index (χ4v) is 5.01. The molecule has 2 aliphatic rings. The van der Waals surface area contributed by atoms with E-state index in [1.165, 1.54) is 4.31 Å². The molecule has 3 rings (SSSR count). The molecule has 1 aromatic rings. The maximum Gasteiger partial charge on any atom is 0.280 e. The zero-order valence-electron chi connectivity index (χ0n) is 13.3. The van der Waals surface area contributed by atoms with Crippen LogP contribution in [0.4, 0.5) is 0 Å². The van der Waals surface area contributed by atoms with Gasteiger partial charge in [-0.25, -0.2) is 0 Å². The highest BCUT2D eigenvalue weighted by molar-refractivity contribution is 7.87. The predicted octanol–water partition coefficient (Wildman–Crippen LogP) is 1.26. The molecule has 2 saturated heterocycles. The molecule has 2 atom stereocenters. The number of carbonyl (C=O) groups is 1. The third kappa shape index (κ3) is 3.59. The summed E-state index contributed by atoms with van der Waals surface area (Å²) in [5.41, 5.74) is 0. The Morgan fingerprint density at radius 1 is 1.39 bits per heavy atom. The van der Waals surface area contributed by atoms with Crippen LogP contribution in [-0.4, -0.2) is 49.2 Å². The van der Waals surface area contributed by atoms with E-state index in [1.54, 1.807) is 24.2 Å². The summed E-state index contributed by atoms with van der Waals surface area (Å²) in [6.45, 7) is 3.40. The van der Waals surface area contributed by atoms with Crippen molar-refractivity contribution in [1.82, 2.24) is 13.9 Å². The fraction of sp³-hybridized carbons (Fsp3) is 0.667. The second-order valence-electron chi connectivity index (χ2n) is 6.25. The molecular weight excluding hydrogens is 318 g/mol. The van der Waals surface area contributed by atoms with Gasteiger partial charge in [0.25, 0.3) is 10.2 Å². The molecule has 1 amide bonds. The molecular formula is C15H23N3O4S. The van der Waals surface area contributed by atoms with Crippen LogP contribution < -0.4 is 4.72 Å². The van der Waals surface area contributed by atoms with Crippen LogP contribution in [0.25, 0.3) is 0 Å². The first kappa shape index (κ1) is 16.5. The maximum absolute atomic E-state index is 12.7. The Labute approximate surface area is 136 Å². The maximum atomic E-state index is 12.7. The summed E-state index contributed by atoms with van der Waals surface area (Å²) in [5.74, 6) is 0.779. The normalized spacial score (nSPS) is 24.5. The van der Waals surface area contributed by atoms with Crippen molar-refractivity contribution >= 4 is 16.1 Å². The number of hydrogen-bond donors (Lipinski definition) is 1. The van der Waals surface area contributed by atoms with E-state index < -0.39 is 10.2 Å². The Hall–Kier alpha value is -1.38. The minimum atomic E-state index is -3.61. The van der Waals surface area contributed by atoms with Crippen molar-refractivity contribution < 1.29 is 17.6 Å². The minimum Gasteiger partial charge on any atom is -0.468 e. The molecule has 1 aromatic heterocycles. The molecule has 23 heavy (non-hydrogen) atoms. The summed E-state index contributed by atoms with van der Waals surface area (Å²) in [6.07, 6.45) is 4.54. The lowest BCUT2D eigenvalue weighted by molar-refractivity contribution is -0.127. The van der Waals surface area contributed by atoms with Gasteiger partial charge in [0, 0.05) is 32.1 Å². The molecule has 2 fully saturated rings. The summed E-state index contributed by atoms with van der Waals surface area (Å²) in [6, 6.07) is 3.02. The molecule has 7 nitrogen and oxygen atoms in total. The van der Waals surface area contributed by atoms with Crippen LogP contribution in [-0.2, 0) is 15.0 Å². The van der Waals surface area contributed by atoms with Gasteiger partial charge in [-0.05, 0) is 38.3 Å². The first-order valence-electron chi connectivity index (χ1n) is 8.07. The number of amides is 1. The predicted molar refractivity (Wildman–Crippen MR) is 84.7 cm³/mol. The van der Waals surface area contributed by atoms with Gasteiger partial charge in [-0.15, -0.1) is 0 Å². The van der Waals surface area contributed by atoms with Gasteiger partial charge >= 0.3 is 0 Å². The highest BCUT2D eigenvalue weighted by Gasteiger charge is 2.37. The molecule has 0 spiro atoms. The first-order valence-corrected chi connectivity index (χ1v) is 9.51. The van der Waals surface area contributed by atoms with Crippen molar-refractivity contribution in [3.63, 3.8) is 0 Å². The van der Waals surface area contributed by atoms with Crippen molar-refractivity contribution in [3.05, 3.63) is 24.2 Å². The Bertz CT molecular complexity index is 644. The number of rotatable bonds is 6. The fourth-order valence-electron chi connectivity index (χ4n) is 3.38. The molecule has 0 aliphatic carbocycles. The van der Waals surface area contributed by atoms with E-state index in [0.29, 0.717) is 31.8 Å². The molecule has 8 heteroatoms. The minimum absolute atomic E-state index is 0.102. The lowest BCUT2D eigenvalue weighted by Crippen LogP contribution is -2.48. The quantitative estimate of drug-likeness (QED) is 0.844. The van der Waals surface area contributed by atoms with E-state index in [0.717, 1.165) is 19.3 Å². The van der Waals surface area contributed by atoms with Gasteiger partial charge in [-0.3, -0.25) is 4.79 Å². The molecule has 1 N–H and O–H groups in total. The average Bonchev–Trinajstić information content (AvgIpc) is 3.19. The molecule has 0 saturated carbocycles. The van der Waals surface area contributed by atoms with Gasteiger partial charge in [-0.2, -0.15) is 17.4 Å². The van der Waals surface area contributed by atoms with Gasteiger partial charge in [-0.1, -0.05) is 0 Å². The average molecular weight is 341 g/mol. The van der Waals surface area contributed by atoms with Gasteiger partial charge < -0.3 is 9.32 Å². The van der Waals surface area contributed by atoms with Crippen LogP contribution in [0.15, 0.2) is 22.8 Å². The van der Waals surface area contributed by atoms with E-state index >= 15 is 0 Å². The number of nitrogens with one attached hydrogen (secondary N) is 1. The zero-order chi connectivity index (χ0) is 16.4. The second-order valence-corrected chi connectivity index (χ2v) is 7.91. The van der Waals surface area contributed by atoms with E-state index in [4.69, 9.17) is 4.42 Å². The molecule has 2 aliphatic heterocycles. The lowest BCUT2D eigenvalue weighted by Gasteiger charge is -2.27. The molecule has 0 radical (unpaired) electrons. The third-order valence-electron chi connectivity index (χ3n) is 4.40. The van der Waals surface area contributed by atoms with Crippen LogP contribution in [0, 0.1) is 0 Å². The Balaban J connectivity index is 1.65. The molecule has 3 heterocycles. The molecule has 128 valence electrons. The van der Waals surface area contributed by atoms with E-state index in [9.17, 15) is 13.2 Å². The number of furan rings is 1. The van der Waals surface area contributed by atoms with Crippen LogP contribution in [0.1, 0.15) is 44.4 Å². The van der Waals surface area contributed by atoms with E-state index in [1.807, 2.05) is 6.07 Å². The van der Waals surface area contributed by atoms with Gasteiger partial charge in [0.1, 0.15) is 5.76 Å². The Kier molecular flexibility index (Phi) is 4.74. The first-order chi connectivity index (χ1) is 11.0. The van der Waals surface area contributed by atoms with Crippen molar-refractivity contribution in [2.75, 3.05) is 19.6 Å². The summed E-state index contributed by atoms with van der Waals surface area (Å²) < 4.78 is 34.9. The monoisotopic (exact) mass is 341 g/mol. The SMILES string of the molecule is C[C@@H](CN1CCCC1=O)NS(=O)(=O)N1CCC[C@H]1c1ccco1. The van der Waals surface area contributed by atoms with Crippen molar-refractivity contribution in [2.45, 2.75) is 44.7 Å². The van der Waals surface area contributed by atoms with Gasteiger partial charge in [0.15, 0.2) is 0 Å². The number of carbonyl (C=O) groups excluding carboxylic acids is 1. The van der Waals surface area contributed by atoms with E-state index in [2.05, 4.69) is 4.72 Å². The van der Waals surface area contributed by atoms with Crippen molar-refractivity contribution in [1.29, 1.82) is 0 Å². The summed E-state index contributed by atoms with van der Waals surface area (Å²) in [5, 5.41) is 0. The Morgan fingerprint density at radius 2 is 2.22 bits per heavy atom. The smallest absolute Gasteiger partial charge is 0.280 e. The standard InChI is InChI=1S/C15H23N3O4S/c1-12(11-17-8-3-7-15(17)19)16-23(20,21)18-9-2-5-13(18)14-6-4-10-22-14/h4,6,10,12-13,16H,2-3,5,7-9,11H2,1H3/t12-,13-/m0/s1. The topological polar surface area (TPSA) is 82.9 Å². The molecule has 0 aromatic carbocycles. The summed E-state index contributed by atoms with van der Waals surface area (Å²) in [7, 11) is -3.61. The van der Waals surface area contributed by atoms with Crippen LogP contribution in [0.3, 0.4) is 0 Å². The van der Waals surface area contributed by atoms with E-state index in [-0.39, 0.29) is 18.0 Å². The van der Waals surface area contributed by atoms with Gasteiger partial charge in [0.05, 0.1) is 12.3 Å². The number of likely N-dealkylation sites (tertiary alicyclic amines) is 1. The molecule has 0 bridgehead atoms. The van der Waals surface area contributed by atoms with Crippen LogP contribution in [0.2, 0.25) is 0 Å².